The van der Waals surface area contributed by atoms with E-state index in [-0.39, 0.29) is 23.9 Å². The summed E-state index contributed by atoms with van der Waals surface area (Å²) in [6.07, 6.45) is 5.03. The lowest BCUT2D eigenvalue weighted by Crippen LogP contribution is -2.47. The number of nitrogens with zero attached hydrogens (tertiary/aromatic N) is 3. The molecule has 128 valence electrons. The van der Waals surface area contributed by atoms with Crippen LogP contribution in [0.25, 0.3) is 0 Å². The van der Waals surface area contributed by atoms with Crippen molar-refractivity contribution in [3.8, 4) is 0 Å². The molecule has 0 amide bonds. The summed E-state index contributed by atoms with van der Waals surface area (Å²) in [6, 6.07) is 0. The maximum absolute atomic E-state index is 10.3. The number of rotatable bonds is 1. The molecule has 23 heavy (non-hydrogen) atoms. The van der Waals surface area contributed by atoms with Crippen LogP contribution in [0.5, 0.6) is 0 Å². The second kappa shape index (κ2) is 7.31. The van der Waals surface area contributed by atoms with E-state index in [2.05, 4.69) is 14.9 Å². The van der Waals surface area contributed by atoms with Crippen LogP contribution in [-0.2, 0) is 4.79 Å². The topological polar surface area (TPSA) is 113 Å². The molecule has 1 aliphatic carbocycles. The van der Waals surface area contributed by atoms with Gasteiger partial charge in [-0.15, -0.1) is 0 Å². The van der Waals surface area contributed by atoms with Crippen molar-refractivity contribution in [2.24, 2.45) is 5.41 Å². The van der Waals surface area contributed by atoms with Crippen LogP contribution in [0.4, 0.5) is 11.8 Å². The van der Waals surface area contributed by atoms with Crippen molar-refractivity contribution in [3.05, 3.63) is 10.7 Å². The highest BCUT2D eigenvalue weighted by Gasteiger charge is 2.45. The fraction of sp³-hybridized carbons (Fsp3) is 0.667. The molecular formula is C15H23ClN4O3. The summed E-state index contributed by atoms with van der Waals surface area (Å²) in [5, 5.41) is 17.8. The van der Waals surface area contributed by atoms with Gasteiger partial charge in [-0.3, -0.25) is 4.79 Å². The number of carbonyl (C=O) groups is 1. The van der Waals surface area contributed by atoms with Crippen molar-refractivity contribution in [1.29, 1.82) is 0 Å². The summed E-state index contributed by atoms with van der Waals surface area (Å²) in [6.45, 7) is 3.31. The van der Waals surface area contributed by atoms with E-state index in [4.69, 9.17) is 27.2 Å². The van der Waals surface area contributed by atoms with Crippen LogP contribution >= 0.6 is 11.6 Å². The van der Waals surface area contributed by atoms with Gasteiger partial charge in [0.25, 0.3) is 6.47 Å². The highest BCUT2D eigenvalue weighted by atomic mass is 35.5. The fourth-order valence-corrected chi connectivity index (χ4v) is 3.92. The average Bonchev–Trinajstić information content (AvgIpc) is 2.84. The summed E-state index contributed by atoms with van der Waals surface area (Å²) >= 11 is 6.35. The quantitative estimate of drug-likeness (QED) is 0.667. The largest absolute Gasteiger partial charge is 0.483 e. The van der Waals surface area contributed by atoms with Crippen LogP contribution in [0.2, 0.25) is 5.02 Å². The molecule has 4 N–H and O–H groups in total. The molecule has 0 radical (unpaired) electrons. The Kier molecular flexibility index (Phi) is 5.64. The number of nitrogen functional groups attached to an aromatic ring is 1. The number of aliphatic hydroxyl groups is 1. The van der Waals surface area contributed by atoms with Gasteiger partial charge in [0.15, 0.2) is 5.82 Å². The number of piperidine rings is 1. The maximum Gasteiger partial charge on any atom is 0.290 e. The summed E-state index contributed by atoms with van der Waals surface area (Å²) in [4.78, 5) is 18.9. The molecule has 0 unspecified atom stereocenters. The van der Waals surface area contributed by atoms with Gasteiger partial charge in [-0.05, 0) is 32.6 Å². The van der Waals surface area contributed by atoms with Crippen molar-refractivity contribution in [2.45, 2.75) is 45.1 Å². The third-order valence-electron chi connectivity index (χ3n) is 4.78. The van der Waals surface area contributed by atoms with Gasteiger partial charge >= 0.3 is 0 Å². The number of carboxylic acid groups (broad SMARTS) is 1. The van der Waals surface area contributed by atoms with Crippen molar-refractivity contribution in [2.75, 3.05) is 23.7 Å². The van der Waals surface area contributed by atoms with E-state index < -0.39 is 0 Å². The summed E-state index contributed by atoms with van der Waals surface area (Å²) in [7, 11) is 0. The van der Waals surface area contributed by atoms with Gasteiger partial charge in [0.1, 0.15) is 5.02 Å². The van der Waals surface area contributed by atoms with Gasteiger partial charge in [-0.25, -0.2) is 4.98 Å². The van der Waals surface area contributed by atoms with Crippen LogP contribution in [0.1, 0.15) is 37.8 Å². The van der Waals surface area contributed by atoms with Crippen molar-refractivity contribution in [3.63, 3.8) is 0 Å². The molecule has 1 saturated carbocycles. The number of hydrogen-bond acceptors (Lipinski definition) is 6. The van der Waals surface area contributed by atoms with Gasteiger partial charge in [0, 0.05) is 18.5 Å². The third kappa shape index (κ3) is 3.67. The Morgan fingerprint density at radius 2 is 2.04 bits per heavy atom. The van der Waals surface area contributed by atoms with E-state index in [1.165, 1.54) is 0 Å². The zero-order valence-electron chi connectivity index (χ0n) is 13.2. The Morgan fingerprint density at radius 1 is 1.39 bits per heavy atom. The van der Waals surface area contributed by atoms with Crippen LogP contribution in [0, 0.1) is 12.3 Å². The predicted molar refractivity (Wildman–Crippen MR) is 88.6 cm³/mol. The zero-order valence-corrected chi connectivity index (χ0v) is 14.0. The second-order valence-corrected chi connectivity index (χ2v) is 6.58. The van der Waals surface area contributed by atoms with Crippen LogP contribution in [0.15, 0.2) is 0 Å². The zero-order chi connectivity index (χ0) is 17.0. The van der Waals surface area contributed by atoms with Gasteiger partial charge in [0.2, 0.25) is 5.95 Å². The van der Waals surface area contributed by atoms with E-state index in [0.717, 1.165) is 51.0 Å². The van der Waals surface area contributed by atoms with Gasteiger partial charge in [-0.1, -0.05) is 18.0 Å². The molecule has 8 heteroatoms. The molecule has 0 bridgehead atoms. The Hall–Kier alpha value is -1.60. The molecule has 1 aromatic heterocycles. The first kappa shape index (κ1) is 17.7. The number of aliphatic hydroxyl groups excluding tert-OH is 1. The molecule has 3 rings (SSSR count). The standard InChI is InChI=1S/C14H21ClN4O.CH2O2/c1-9-11(15)12(18-13(16)17-9)19-7-3-6-14(8-19)5-2-4-10(14)20;2-1-3/h10,20H,2-8H2,1H3,(H2,16,17,18);1H,(H,2,3)/t10-,14-;/m1./s1. The molecule has 1 aromatic rings. The Bertz CT molecular complexity index is 572. The Morgan fingerprint density at radius 3 is 2.65 bits per heavy atom. The normalized spacial score (nSPS) is 26.7. The SMILES string of the molecule is Cc1nc(N)nc(N2CCC[C@]3(CCC[C@H]3O)C2)c1Cl.O=CO. The molecule has 1 aliphatic heterocycles. The van der Waals surface area contributed by atoms with Crippen LogP contribution < -0.4 is 10.6 Å². The third-order valence-corrected chi connectivity index (χ3v) is 5.23. The molecule has 2 aliphatic rings. The number of aryl methyl sites for hydroxylation is 1. The summed E-state index contributed by atoms with van der Waals surface area (Å²) in [5.41, 5.74) is 6.47. The highest BCUT2D eigenvalue weighted by Crippen LogP contribution is 2.46. The van der Waals surface area contributed by atoms with Gasteiger partial charge in [-0.2, -0.15) is 4.98 Å². The molecule has 2 atom stereocenters. The van der Waals surface area contributed by atoms with E-state index in [1.807, 2.05) is 6.92 Å². The fourth-order valence-electron chi connectivity index (χ4n) is 3.71. The lowest BCUT2D eigenvalue weighted by molar-refractivity contribution is -0.122. The van der Waals surface area contributed by atoms with Gasteiger partial charge in [0.05, 0.1) is 11.8 Å². The van der Waals surface area contributed by atoms with E-state index >= 15 is 0 Å². The minimum Gasteiger partial charge on any atom is -0.483 e. The number of aromatic nitrogens is 2. The monoisotopic (exact) mass is 342 g/mol. The summed E-state index contributed by atoms with van der Waals surface area (Å²) < 4.78 is 0. The van der Waals surface area contributed by atoms with Crippen LogP contribution in [0.3, 0.4) is 0 Å². The minimum atomic E-state index is -0.250. The van der Waals surface area contributed by atoms with E-state index in [9.17, 15) is 5.11 Å². The minimum absolute atomic E-state index is 0.00912. The molecule has 2 heterocycles. The first-order valence-electron chi connectivity index (χ1n) is 7.74. The number of halogens is 1. The number of anilines is 2. The molecule has 1 saturated heterocycles. The lowest BCUT2D eigenvalue weighted by Gasteiger charge is -2.43. The Balaban J connectivity index is 0.000000595. The first-order chi connectivity index (χ1) is 10.9. The number of hydrogen-bond donors (Lipinski definition) is 3. The highest BCUT2D eigenvalue weighted by molar-refractivity contribution is 6.33. The lowest BCUT2D eigenvalue weighted by atomic mass is 9.76. The van der Waals surface area contributed by atoms with Gasteiger partial charge < -0.3 is 20.8 Å². The molecule has 7 nitrogen and oxygen atoms in total. The number of nitrogens with two attached hydrogens (primary N) is 1. The smallest absolute Gasteiger partial charge is 0.290 e. The molecule has 0 aromatic carbocycles. The maximum atomic E-state index is 10.3. The van der Waals surface area contributed by atoms with Crippen LogP contribution in [-0.4, -0.2) is 45.8 Å². The summed E-state index contributed by atoms with van der Waals surface area (Å²) in [5.74, 6) is 0.975. The Labute approximate surface area is 140 Å². The van der Waals surface area contributed by atoms with E-state index in [0.29, 0.717) is 10.7 Å². The molecule has 2 fully saturated rings. The second-order valence-electron chi connectivity index (χ2n) is 6.21. The van der Waals surface area contributed by atoms with Crippen molar-refractivity contribution in [1.82, 2.24) is 9.97 Å². The molecule has 1 spiro atoms. The van der Waals surface area contributed by atoms with Crippen molar-refractivity contribution >= 4 is 29.8 Å². The van der Waals surface area contributed by atoms with Crippen molar-refractivity contribution < 1.29 is 15.0 Å². The molecular weight excluding hydrogens is 320 g/mol. The predicted octanol–water partition coefficient (Wildman–Crippen LogP) is 1.85. The average molecular weight is 343 g/mol. The van der Waals surface area contributed by atoms with E-state index in [1.54, 1.807) is 0 Å². The first-order valence-corrected chi connectivity index (χ1v) is 8.12.